The summed E-state index contributed by atoms with van der Waals surface area (Å²) in [6.07, 6.45) is 4.78. The zero-order chi connectivity index (χ0) is 10.1. The van der Waals surface area contributed by atoms with Gasteiger partial charge in [-0.15, -0.1) is 0 Å². The van der Waals surface area contributed by atoms with Gasteiger partial charge in [0.2, 0.25) is 0 Å². The van der Waals surface area contributed by atoms with Crippen LogP contribution in [0.25, 0.3) is 0 Å². The average Bonchev–Trinajstić information content (AvgIpc) is 2.18. The number of aldehydes is 1. The van der Waals surface area contributed by atoms with Gasteiger partial charge >= 0.3 is 0 Å². The van der Waals surface area contributed by atoms with Crippen molar-refractivity contribution in [3.05, 3.63) is 11.8 Å². The highest BCUT2D eigenvalue weighted by molar-refractivity contribution is 6.13. The maximum absolute atomic E-state index is 11.7. The van der Waals surface area contributed by atoms with E-state index in [1.165, 1.54) is 6.26 Å². The van der Waals surface area contributed by atoms with E-state index in [9.17, 15) is 9.59 Å². The van der Waals surface area contributed by atoms with Crippen LogP contribution in [0.5, 0.6) is 0 Å². The molecule has 3 heteroatoms. The third-order valence-corrected chi connectivity index (χ3v) is 3.17. The zero-order valence-electron chi connectivity index (χ0n) is 8.23. The predicted octanol–water partition coefficient (Wildman–Crippen LogP) is 1.47. The lowest BCUT2D eigenvalue weighted by Gasteiger charge is -2.35. The molecular weight excluding hydrogens is 180 g/mol. The number of ketones is 1. The third kappa shape index (κ3) is 1.47. The highest BCUT2D eigenvalue weighted by Gasteiger charge is 2.38. The van der Waals surface area contributed by atoms with Gasteiger partial charge in [0, 0.05) is 0 Å². The Morgan fingerprint density at radius 1 is 1.50 bits per heavy atom. The number of carbonyl (C=O) groups is 2. The van der Waals surface area contributed by atoms with Gasteiger partial charge < -0.3 is 4.74 Å². The van der Waals surface area contributed by atoms with E-state index in [-0.39, 0.29) is 23.4 Å². The molecule has 3 unspecified atom stereocenters. The van der Waals surface area contributed by atoms with Crippen LogP contribution < -0.4 is 0 Å². The second-order valence-electron chi connectivity index (χ2n) is 4.25. The van der Waals surface area contributed by atoms with Crippen molar-refractivity contribution in [2.75, 3.05) is 0 Å². The summed E-state index contributed by atoms with van der Waals surface area (Å²) in [5, 5.41) is 0. The minimum atomic E-state index is -0.0728. The van der Waals surface area contributed by atoms with Gasteiger partial charge in [-0.2, -0.15) is 0 Å². The summed E-state index contributed by atoms with van der Waals surface area (Å²) in [4.78, 5) is 22.3. The lowest BCUT2D eigenvalue weighted by Crippen LogP contribution is -2.39. The van der Waals surface area contributed by atoms with Crippen molar-refractivity contribution in [1.82, 2.24) is 0 Å². The molecule has 0 amide bonds. The summed E-state index contributed by atoms with van der Waals surface area (Å²) >= 11 is 0. The number of ether oxygens (including phenoxy) is 1. The first-order valence-corrected chi connectivity index (χ1v) is 5.07. The van der Waals surface area contributed by atoms with E-state index in [1.807, 2.05) is 0 Å². The van der Waals surface area contributed by atoms with E-state index in [4.69, 9.17) is 4.74 Å². The quantitative estimate of drug-likeness (QED) is 0.469. The molecule has 76 valence electrons. The first kappa shape index (κ1) is 9.44. The lowest BCUT2D eigenvalue weighted by molar-refractivity contribution is -0.129. The molecule has 3 nitrogen and oxygen atoms in total. The fourth-order valence-electron chi connectivity index (χ4n) is 2.30. The average molecular weight is 194 g/mol. The first-order valence-electron chi connectivity index (χ1n) is 5.07. The first-order chi connectivity index (χ1) is 6.72. The molecule has 0 bridgehead atoms. The van der Waals surface area contributed by atoms with E-state index in [1.54, 1.807) is 0 Å². The molecule has 1 aliphatic heterocycles. The molecule has 0 N–H and O–H groups in total. The van der Waals surface area contributed by atoms with E-state index < -0.39 is 0 Å². The van der Waals surface area contributed by atoms with Crippen LogP contribution in [0.4, 0.5) is 0 Å². The van der Waals surface area contributed by atoms with Crippen LogP contribution in [0.15, 0.2) is 11.8 Å². The summed E-state index contributed by atoms with van der Waals surface area (Å²) in [5.74, 6) is 0.523. The van der Waals surface area contributed by atoms with Crippen molar-refractivity contribution in [3.8, 4) is 0 Å². The van der Waals surface area contributed by atoms with Crippen LogP contribution >= 0.6 is 0 Å². The van der Waals surface area contributed by atoms with Gasteiger partial charge in [0.1, 0.15) is 6.10 Å². The van der Waals surface area contributed by atoms with Gasteiger partial charge in [0.25, 0.3) is 0 Å². The van der Waals surface area contributed by atoms with Crippen LogP contribution in [0, 0.1) is 11.8 Å². The molecule has 1 saturated carbocycles. The summed E-state index contributed by atoms with van der Waals surface area (Å²) in [7, 11) is 0. The molecule has 0 radical (unpaired) electrons. The molecule has 14 heavy (non-hydrogen) atoms. The van der Waals surface area contributed by atoms with E-state index in [0.717, 1.165) is 19.3 Å². The van der Waals surface area contributed by atoms with Crippen LogP contribution in [-0.2, 0) is 14.3 Å². The van der Waals surface area contributed by atoms with Crippen LogP contribution in [0.2, 0.25) is 0 Å². The molecule has 0 spiro atoms. The second-order valence-corrected chi connectivity index (χ2v) is 4.25. The van der Waals surface area contributed by atoms with Crippen LogP contribution in [0.3, 0.4) is 0 Å². The van der Waals surface area contributed by atoms with Crippen LogP contribution in [-0.4, -0.2) is 18.2 Å². The number of fused-ring (bicyclic) bond motifs is 1. The van der Waals surface area contributed by atoms with Crippen molar-refractivity contribution in [2.45, 2.75) is 32.3 Å². The molecule has 0 aromatic heterocycles. The van der Waals surface area contributed by atoms with Crippen LogP contribution in [0.1, 0.15) is 26.2 Å². The summed E-state index contributed by atoms with van der Waals surface area (Å²) in [5.41, 5.74) is 0.195. The van der Waals surface area contributed by atoms with E-state index >= 15 is 0 Å². The number of carbonyl (C=O) groups excluding carboxylic acids is 2. The minimum absolute atomic E-state index is 0.00921. The van der Waals surface area contributed by atoms with Gasteiger partial charge in [-0.05, 0) is 25.2 Å². The van der Waals surface area contributed by atoms with E-state index in [2.05, 4.69) is 6.92 Å². The van der Waals surface area contributed by atoms with Crippen molar-refractivity contribution in [2.24, 2.45) is 11.8 Å². The lowest BCUT2D eigenvalue weighted by atomic mass is 9.76. The number of hydrogen-bond acceptors (Lipinski definition) is 3. The largest absolute Gasteiger partial charge is 0.496 e. The van der Waals surface area contributed by atoms with Gasteiger partial charge in [-0.25, -0.2) is 0 Å². The summed E-state index contributed by atoms with van der Waals surface area (Å²) < 4.78 is 5.41. The van der Waals surface area contributed by atoms with Gasteiger partial charge in [-0.3, -0.25) is 9.59 Å². The van der Waals surface area contributed by atoms with Crippen molar-refractivity contribution in [1.29, 1.82) is 0 Å². The molecule has 1 aliphatic carbocycles. The van der Waals surface area contributed by atoms with Crippen molar-refractivity contribution >= 4 is 12.1 Å². The van der Waals surface area contributed by atoms with Gasteiger partial charge in [0.05, 0.1) is 17.8 Å². The topological polar surface area (TPSA) is 43.4 Å². The Balaban J connectivity index is 2.18. The highest BCUT2D eigenvalue weighted by atomic mass is 16.5. The Hall–Kier alpha value is -1.12. The van der Waals surface area contributed by atoms with Gasteiger partial charge in [-0.1, -0.05) is 6.92 Å². The Kier molecular flexibility index (Phi) is 2.40. The summed E-state index contributed by atoms with van der Waals surface area (Å²) in [6, 6.07) is 0. The SMILES string of the molecule is CC1CCC2C(=O)C(C=O)=COC2C1. The van der Waals surface area contributed by atoms with Crippen molar-refractivity contribution in [3.63, 3.8) is 0 Å². The number of rotatable bonds is 1. The molecule has 0 aromatic carbocycles. The highest BCUT2D eigenvalue weighted by Crippen LogP contribution is 2.35. The normalized spacial score (nSPS) is 36.8. The van der Waals surface area contributed by atoms with E-state index in [0.29, 0.717) is 12.2 Å². The Labute approximate surface area is 83.1 Å². The molecular formula is C11H14O3. The second kappa shape index (κ2) is 3.56. The Bertz CT molecular complexity index is 293. The number of Topliss-reactive ketones (excluding diaryl/α,β-unsaturated/α-hetero) is 1. The molecule has 3 atom stereocenters. The van der Waals surface area contributed by atoms with Crippen molar-refractivity contribution < 1.29 is 14.3 Å². The zero-order valence-corrected chi connectivity index (χ0v) is 8.23. The fourth-order valence-corrected chi connectivity index (χ4v) is 2.30. The smallest absolute Gasteiger partial charge is 0.176 e. The molecule has 0 aromatic rings. The Morgan fingerprint density at radius 2 is 2.29 bits per heavy atom. The molecule has 1 heterocycles. The molecule has 2 rings (SSSR count). The monoisotopic (exact) mass is 194 g/mol. The Morgan fingerprint density at radius 3 is 3.00 bits per heavy atom. The maximum Gasteiger partial charge on any atom is 0.176 e. The standard InChI is InChI=1S/C11H14O3/c1-7-2-3-9-10(4-7)14-6-8(5-12)11(9)13/h5-7,9-10H,2-4H2,1H3. The fraction of sp³-hybridized carbons (Fsp3) is 0.636. The molecule has 0 saturated heterocycles. The minimum Gasteiger partial charge on any atom is -0.496 e. The number of allylic oxidation sites excluding steroid dienone is 1. The maximum atomic E-state index is 11.7. The third-order valence-electron chi connectivity index (χ3n) is 3.17. The number of hydrogen-bond donors (Lipinski definition) is 0. The predicted molar refractivity (Wildman–Crippen MR) is 50.5 cm³/mol. The molecule has 2 aliphatic rings. The molecule has 1 fully saturated rings. The summed E-state index contributed by atoms with van der Waals surface area (Å²) in [6.45, 7) is 2.17. The van der Waals surface area contributed by atoms with Gasteiger partial charge in [0.15, 0.2) is 12.1 Å².